The molecule has 2 aliphatic heterocycles. The molecule has 2 aliphatic rings. The van der Waals surface area contributed by atoms with Gasteiger partial charge in [-0.1, -0.05) is 27.2 Å². The van der Waals surface area contributed by atoms with E-state index < -0.39 is 6.97 Å². The second-order valence-corrected chi connectivity index (χ2v) is 10.7. The fourth-order valence-electron chi connectivity index (χ4n) is 6.70. The molecule has 5 rings (SSSR count). The van der Waals surface area contributed by atoms with Gasteiger partial charge in [0.1, 0.15) is 12.8 Å². The molecule has 0 aliphatic carbocycles. The van der Waals surface area contributed by atoms with Crippen molar-refractivity contribution in [1.82, 2.24) is 14.4 Å². The molecule has 38 heavy (non-hydrogen) atoms. The minimum absolute atomic E-state index is 0.653. The molecule has 0 fully saturated rings. The molecule has 1 aromatic carbocycles. The van der Waals surface area contributed by atoms with Crippen LogP contribution >= 0.6 is 0 Å². The number of aryl methyl sites for hydroxylation is 2. The molecule has 2 aromatic heterocycles. The highest BCUT2D eigenvalue weighted by atomic mass is 19.2. The molecule has 0 amide bonds. The Morgan fingerprint density at radius 1 is 0.974 bits per heavy atom. The van der Waals surface area contributed by atoms with Crippen LogP contribution in [-0.2, 0) is 19.9 Å². The lowest BCUT2D eigenvalue weighted by atomic mass is 9.83. The summed E-state index contributed by atoms with van der Waals surface area (Å²) in [7, 11) is 1.98. The first-order chi connectivity index (χ1) is 18.1. The second kappa shape index (κ2) is 9.47. The minimum atomic E-state index is -4.02. The van der Waals surface area contributed by atoms with Crippen molar-refractivity contribution in [3.8, 4) is 5.69 Å². The molecule has 3 aromatic rings. The van der Waals surface area contributed by atoms with E-state index in [1.54, 1.807) is 0 Å². The van der Waals surface area contributed by atoms with Crippen LogP contribution in [0, 0.1) is 13.8 Å². The van der Waals surface area contributed by atoms with E-state index in [0.717, 1.165) is 71.2 Å². The number of unbranched alkanes of at least 4 members (excludes halogenated alkanes) is 1. The summed E-state index contributed by atoms with van der Waals surface area (Å²) in [6.45, 7) is 9.96. The molecular formula is C30H39BF2N5+. The average Bonchev–Trinajstić information content (AvgIpc) is 3.47. The van der Waals surface area contributed by atoms with E-state index in [-0.39, 0.29) is 0 Å². The molecule has 5 nitrogen and oxygen atoms in total. The molecule has 0 unspecified atom stereocenters. The lowest BCUT2D eigenvalue weighted by molar-refractivity contribution is -0.661. The number of fused-ring (bicyclic) bond motifs is 2. The van der Waals surface area contributed by atoms with Gasteiger partial charge in [0.25, 0.3) is 0 Å². The highest BCUT2D eigenvalue weighted by Gasteiger charge is 2.56. The third-order valence-corrected chi connectivity index (χ3v) is 8.62. The van der Waals surface area contributed by atoms with Gasteiger partial charge >= 0.3 is 6.97 Å². The van der Waals surface area contributed by atoms with Crippen molar-refractivity contribution < 1.29 is 17.8 Å². The van der Waals surface area contributed by atoms with E-state index in [9.17, 15) is 0 Å². The number of hydrogen-bond acceptors (Lipinski definition) is 1. The SMILES string of the molecule is CCCCc1c[n+](-c2ccc(C3=C4C(C)=C(CC)C(C)=[N+]4[B-](F)(F)n4c(C)c(CC)c(C)c43)cc2)nn1C. The van der Waals surface area contributed by atoms with Gasteiger partial charge in [0.2, 0.25) is 0 Å². The van der Waals surface area contributed by atoms with Crippen molar-refractivity contribution in [2.45, 2.75) is 80.6 Å². The quantitative estimate of drug-likeness (QED) is 0.269. The summed E-state index contributed by atoms with van der Waals surface area (Å²) in [6, 6.07) is 8.21. The predicted octanol–water partition coefficient (Wildman–Crippen LogP) is 6.23. The maximum absolute atomic E-state index is 16.4. The molecular weight excluding hydrogens is 479 g/mol. The fourth-order valence-corrected chi connectivity index (χ4v) is 6.70. The Morgan fingerprint density at radius 2 is 1.66 bits per heavy atom. The van der Waals surface area contributed by atoms with Gasteiger partial charge in [0.05, 0.1) is 10.8 Å². The third kappa shape index (κ3) is 3.67. The van der Waals surface area contributed by atoms with Crippen LogP contribution in [0.1, 0.15) is 87.7 Å². The number of aromatic nitrogens is 4. The monoisotopic (exact) mass is 518 g/mol. The number of benzene rings is 1. The Kier molecular flexibility index (Phi) is 6.56. The highest BCUT2D eigenvalue weighted by Crippen LogP contribution is 2.47. The van der Waals surface area contributed by atoms with Crippen molar-refractivity contribution in [2.24, 2.45) is 7.05 Å². The maximum atomic E-state index is 16.4. The lowest BCUT2D eigenvalue weighted by Gasteiger charge is -2.34. The van der Waals surface area contributed by atoms with Crippen molar-refractivity contribution >= 4 is 18.3 Å². The predicted molar refractivity (Wildman–Crippen MR) is 150 cm³/mol. The largest absolute Gasteiger partial charge is 0.737 e. The van der Waals surface area contributed by atoms with Crippen LogP contribution in [0.4, 0.5) is 8.63 Å². The Bertz CT molecular complexity index is 1530. The van der Waals surface area contributed by atoms with Crippen LogP contribution in [0.2, 0.25) is 0 Å². The normalized spacial score (nSPS) is 16.6. The standard InChI is InChI=1S/C30H39BF2N5/c1-9-12-13-25-18-36(34-35(25)8)24-16-14-23(15-17-24)28-29-19(4)26(10-2)21(6)37(29)31(32,33)38-22(7)27(11-3)20(5)30(28)38/h14-18H,9-13H2,1-8H3/q+1. The van der Waals surface area contributed by atoms with Gasteiger partial charge in [-0.2, -0.15) is 0 Å². The summed E-state index contributed by atoms with van der Waals surface area (Å²) in [4.78, 5) is 0. The Morgan fingerprint density at radius 3 is 2.26 bits per heavy atom. The van der Waals surface area contributed by atoms with E-state index in [0.29, 0.717) is 22.8 Å². The smallest absolute Gasteiger partial charge is 0.393 e. The zero-order valence-corrected chi connectivity index (χ0v) is 24.0. The Labute approximate surface area is 224 Å². The van der Waals surface area contributed by atoms with E-state index in [1.165, 1.54) is 14.7 Å². The number of nitrogens with zero attached hydrogens (tertiary/aromatic N) is 5. The van der Waals surface area contributed by atoms with Crippen molar-refractivity contribution in [2.75, 3.05) is 0 Å². The highest BCUT2D eigenvalue weighted by molar-refractivity contribution is 6.58. The second-order valence-electron chi connectivity index (χ2n) is 10.7. The summed E-state index contributed by atoms with van der Waals surface area (Å²) in [5, 5.41) is 4.67. The van der Waals surface area contributed by atoms with Crippen LogP contribution < -0.4 is 4.68 Å². The molecule has 0 atom stereocenters. The van der Waals surface area contributed by atoms with Crippen molar-refractivity contribution in [3.63, 3.8) is 0 Å². The van der Waals surface area contributed by atoms with Crippen LogP contribution in [0.3, 0.4) is 0 Å². The van der Waals surface area contributed by atoms with Gasteiger partial charge in [-0.3, -0.25) is 0 Å². The molecule has 4 heterocycles. The molecule has 0 bridgehead atoms. The first-order valence-corrected chi connectivity index (χ1v) is 13.9. The number of halogens is 2. The zero-order valence-electron chi connectivity index (χ0n) is 24.0. The van der Waals surface area contributed by atoms with Crippen molar-refractivity contribution in [3.05, 3.63) is 81.1 Å². The molecule has 200 valence electrons. The summed E-state index contributed by atoms with van der Waals surface area (Å²) in [5.41, 5.74) is 10.5. The Balaban J connectivity index is 1.73. The summed E-state index contributed by atoms with van der Waals surface area (Å²) < 4.78 is 39.4. The van der Waals surface area contributed by atoms with E-state index >= 15 is 8.63 Å². The Hall–Kier alpha value is -3.29. The van der Waals surface area contributed by atoms with Gasteiger partial charge in [0.15, 0.2) is 23.3 Å². The number of rotatable bonds is 7. The van der Waals surface area contributed by atoms with E-state index in [4.69, 9.17) is 0 Å². The van der Waals surface area contributed by atoms with Gasteiger partial charge in [0, 0.05) is 30.2 Å². The van der Waals surface area contributed by atoms with Crippen LogP contribution in [-0.4, -0.2) is 31.5 Å². The van der Waals surface area contributed by atoms with Crippen LogP contribution in [0.15, 0.2) is 47.3 Å². The summed E-state index contributed by atoms with van der Waals surface area (Å²) in [5.74, 6) is 0. The lowest BCUT2D eigenvalue weighted by Crippen LogP contribution is -2.51. The van der Waals surface area contributed by atoms with E-state index in [2.05, 4.69) is 30.5 Å². The van der Waals surface area contributed by atoms with Gasteiger partial charge < -0.3 is 17.6 Å². The molecule has 0 radical (unpaired) electrons. The number of allylic oxidation sites excluding steroid dienone is 2. The maximum Gasteiger partial charge on any atom is 0.737 e. The van der Waals surface area contributed by atoms with Crippen LogP contribution in [0.5, 0.6) is 0 Å². The topological polar surface area (TPSA) is 29.6 Å². The summed E-state index contributed by atoms with van der Waals surface area (Å²) >= 11 is 0. The third-order valence-electron chi connectivity index (χ3n) is 8.62. The molecule has 8 heteroatoms. The van der Waals surface area contributed by atoms with Gasteiger partial charge in [-0.15, -0.1) is 9.36 Å². The molecule has 0 N–H and O–H groups in total. The van der Waals surface area contributed by atoms with Crippen molar-refractivity contribution in [1.29, 1.82) is 0 Å². The zero-order chi connectivity index (χ0) is 27.5. The molecule has 0 saturated heterocycles. The number of hydrogen-bond donors (Lipinski definition) is 0. The first kappa shape index (κ1) is 26.3. The van der Waals surface area contributed by atoms with Gasteiger partial charge in [-0.25, -0.2) is 0 Å². The fraction of sp³-hybridized carbons (Fsp3) is 0.433. The molecule has 0 saturated carbocycles. The molecule has 0 spiro atoms. The summed E-state index contributed by atoms with van der Waals surface area (Å²) in [6.07, 6.45) is 6.78. The van der Waals surface area contributed by atoms with Crippen LogP contribution in [0.25, 0.3) is 11.3 Å². The minimum Gasteiger partial charge on any atom is -0.393 e. The first-order valence-electron chi connectivity index (χ1n) is 13.9. The van der Waals surface area contributed by atoms with Gasteiger partial charge in [-0.05, 0) is 86.7 Å². The average molecular weight is 518 g/mol. The van der Waals surface area contributed by atoms with E-state index in [1.807, 2.05) is 70.1 Å².